The van der Waals surface area contributed by atoms with Gasteiger partial charge in [0.1, 0.15) is 72.5 Å². The summed E-state index contributed by atoms with van der Waals surface area (Å²) in [5, 5.41) is 97.5. The van der Waals surface area contributed by atoms with Crippen LogP contribution in [0.4, 0.5) is 0 Å². The number of hydrogen-bond donors (Lipinski definition) is 25. The smallest absolute Gasteiger partial charge is 0.326 e. The summed E-state index contributed by atoms with van der Waals surface area (Å²) in [6.07, 6.45) is -8.91. The predicted octanol–water partition coefficient (Wildman–Crippen LogP) is -7.92. The standard InChI is InChI=1S/C68H105N19O26/c1-30(2)24-44(62(107)82-43(67(112)113)14-19-49(71)91)83-58(103)38(12-9-23-74-68(72)73)79-59(104)41(16-21-51(94)95)77-55(100)32(5)76-57(102)40(15-20-50(92)93)81-66(111)54(33(6)89)87-64(109)45(25-31(3)4)84-61(106)42(17-22-52(96)97)80-65(110)47(29-88)86-63(108)46(26-34-28-75-37-11-8-7-10-35(34)37)85-60(105)39(13-18-48(70)90)78-56(101)36(69)27-53(98)99/h7-8,10-11,28,30-33,36,38-47,54,75,88-89H,9,12-27,29,69H2,1-6H3,(H2,70,90)(H2,71,91)(H,76,102)(H,77,100)(H,78,101)(H,79,104)(H,80,110)(H,81,111)(H,82,107)(H,83,103)(H,84,106)(H,85,105)(H,86,108)(H,87,109)(H,92,93)(H,94,95)(H,96,97)(H,98,99)(H,112,113)(H4,72,73,74)/t32-,33+,36-,38-,39-,40-,41-,42-,43-,44-,45-,46-,47-,54-/m0/s1. The van der Waals surface area contributed by atoms with Gasteiger partial charge in [-0.3, -0.25) is 91.3 Å². The first-order valence-corrected chi connectivity index (χ1v) is 35.8. The van der Waals surface area contributed by atoms with Crippen molar-refractivity contribution in [2.75, 3.05) is 13.2 Å². The van der Waals surface area contributed by atoms with Gasteiger partial charge in [0.25, 0.3) is 0 Å². The predicted molar refractivity (Wildman–Crippen MR) is 394 cm³/mol. The highest BCUT2D eigenvalue weighted by Gasteiger charge is 2.39. The minimum absolute atomic E-state index is 0.0349. The summed E-state index contributed by atoms with van der Waals surface area (Å²) in [4.78, 5) is 257. The molecule has 45 nitrogen and oxygen atoms in total. The van der Waals surface area contributed by atoms with Crippen LogP contribution >= 0.6 is 0 Å². The molecule has 45 heteroatoms. The molecule has 113 heavy (non-hydrogen) atoms. The zero-order valence-electron chi connectivity index (χ0n) is 63.1. The van der Waals surface area contributed by atoms with Crippen molar-refractivity contribution < 1.29 is 127 Å². The van der Waals surface area contributed by atoms with Crippen LogP contribution in [0, 0.1) is 11.8 Å². The Morgan fingerprint density at radius 2 is 0.779 bits per heavy atom. The first-order chi connectivity index (χ1) is 52.8. The number of para-hydroxylation sites is 1. The largest absolute Gasteiger partial charge is 0.481 e. The van der Waals surface area contributed by atoms with Gasteiger partial charge in [0.05, 0.1) is 25.2 Å². The van der Waals surface area contributed by atoms with E-state index >= 15 is 0 Å². The number of hydrogen-bond acceptors (Lipinski definition) is 23. The fourth-order valence-electron chi connectivity index (χ4n) is 10.9. The lowest BCUT2D eigenvalue weighted by Crippen LogP contribution is -2.62. The molecule has 1 heterocycles. The van der Waals surface area contributed by atoms with E-state index in [0.29, 0.717) is 16.5 Å². The molecule has 628 valence electrons. The molecule has 30 N–H and O–H groups in total. The Morgan fingerprint density at radius 1 is 0.416 bits per heavy atom. The summed E-state index contributed by atoms with van der Waals surface area (Å²) >= 11 is 0. The molecule has 0 aliphatic carbocycles. The summed E-state index contributed by atoms with van der Waals surface area (Å²) < 4.78 is 0. The molecule has 14 atom stereocenters. The van der Waals surface area contributed by atoms with Crippen molar-refractivity contribution in [2.45, 2.75) is 229 Å². The summed E-state index contributed by atoms with van der Waals surface area (Å²) in [6.45, 7) is 7.14. The molecule has 1 aromatic heterocycles. The lowest BCUT2D eigenvalue weighted by molar-refractivity contribution is -0.143. The Labute approximate surface area is 646 Å². The number of aliphatic hydroxyl groups is 2. The maximum Gasteiger partial charge on any atom is 0.326 e. The van der Waals surface area contributed by atoms with Crippen molar-refractivity contribution in [2.24, 2.45) is 45.5 Å². The number of aromatic nitrogens is 1. The van der Waals surface area contributed by atoms with E-state index in [1.165, 1.54) is 6.20 Å². The fraction of sp³-hybridized carbons (Fsp3) is 0.588. The first-order valence-electron chi connectivity index (χ1n) is 35.8. The molecule has 14 amide bonds. The number of aliphatic carboxylic acids is 5. The average Bonchev–Trinajstić information content (AvgIpc) is 1.72. The summed E-state index contributed by atoms with van der Waals surface area (Å²) in [6, 6.07) is -16.4. The van der Waals surface area contributed by atoms with E-state index < -0.39 is 280 Å². The monoisotopic (exact) mass is 1600 g/mol. The topological polar surface area (TPSA) is 769 Å². The van der Waals surface area contributed by atoms with Crippen LogP contribution in [0.2, 0.25) is 0 Å². The number of nitrogens with zero attached hydrogens (tertiary/aromatic N) is 1. The van der Waals surface area contributed by atoms with Gasteiger partial charge in [0.15, 0.2) is 5.96 Å². The van der Waals surface area contributed by atoms with E-state index in [2.05, 4.69) is 73.8 Å². The third-order valence-electron chi connectivity index (χ3n) is 16.8. The number of carbonyl (C=O) groups is 19. The van der Waals surface area contributed by atoms with Gasteiger partial charge in [-0.15, -0.1) is 0 Å². The van der Waals surface area contributed by atoms with E-state index in [1.807, 2.05) is 0 Å². The van der Waals surface area contributed by atoms with Crippen LogP contribution in [0.15, 0.2) is 35.5 Å². The van der Waals surface area contributed by atoms with Gasteiger partial charge < -0.3 is 133 Å². The number of guanidine groups is 1. The number of carbonyl (C=O) groups excluding carboxylic acids is 14. The Morgan fingerprint density at radius 3 is 1.21 bits per heavy atom. The highest BCUT2D eigenvalue weighted by molar-refractivity contribution is 6.01. The van der Waals surface area contributed by atoms with Gasteiger partial charge in [-0.25, -0.2) is 4.79 Å². The number of primary amides is 2. The van der Waals surface area contributed by atoms with Gasteiger partial charge in [-0.05, 0) is 95.1 Å². The van der Waals surface area contributed by atoms with Crippen molar-refractivity contribution >= 4 is 129 Å². The minimum atomic E-state index is -2.08. The Hall–Kier alpha value is -12.2. The molecule has 0 aliphatic rings. The second-order valence-electron chi connectivity index (χ2n) is 27.4. The molecule has 0 radical (unpaired) electrons. The third-order valence-corrected chi connectivity index (χ3v) is 16.8. The SMILES string of the molecule is CC(C)C[C@H](NC(=O)[C@H](CCCN=C(N)N)NC(=O)[C@H](CCC(=O)O)NC(=O)[C@H](C)NC(=O)[C@H](CCC(=O)O)NC(=O)[C@@H](NC(=O)[C@H](CC(C)C)NC(=O)[C@H](CCC(=O)O)NC(=O)[C@H](CO)NC(=O)[C@H](Cc1c[nH]c2ccccc12)NC(=O)[C@H](CCC(N)=O)NC(=O)[C@@H](N)CC(=O)O)[C@@H](C)O)C(=O)N[C@@H](CCC(N)=O)C(=O)O. The van der Waals surface area contributed by atoms with Crippen LogP contribution in [0.1, 0.15) is 143 Å². The van der Waals surface area contributed by atoms with Crippen LogP contribution in [-0.4, -0.2) is 257 Å². The number of aliphatic imine (C=N–C) groups is 1. The first kappa shape index (κ1) is 96.9. The molecule has 0 unspecified atom stereocenters. The van der Waals surface area contributed by atoms with Crippen LogP contribution in [0.3, 0.4) is 0 Å². The Kier molecular flexibility index (Phi) is 41.6. The average molecular weight is 1600 g/mol. The van der Waals surface area contributed by atoms with Crippen LogP contribution in [0.5, 0.6) is 0 Å². The lowest BCUT2D eigenvalue weighted by atomic mass is 10.0. The van der Waals surface area contributed by atoms with E-state index in [9.17, 15) is 127 Å². The van der Waals surface area contributed by atoms with Gasteiger partial charge in [0, 0.05) is 62.2 Å². The normalized spacial score (nSPS) is 14.8. The second kappa shape index (κ2) is 48.5. The van der Waals surface area contributed by atoms with Gasteiger partial charge in [-0.2, -0.15) is 0 Å². The van der Waals surface area contributed by atoms with Crippen molar-refractivity contribution in [3.8, 4) is 0 Å². The summed E-state index contributed by atoms with van der Waals surface area (Å²) in [5.41, 5.74) is 28.0. The number of nitrogens with two attached hydrogens (primary N) is 5. The number of benzene rings is 1. The van der Waals surface area contributed by atoms with Crippen LogP contribution < -0.4 is 92.5 Å². The molecule has 0 aliphatic heterocycles. The van der Waals surface area contributed by atoms with Gasteiger partial charge in [0.2, 0.25) is 82.7 Å². The van der Waals surface area contributed by atoms with E-state index in [-0.39, 0.29) is 50.5 Å². The molecule has 0 fully saturated rings. The summed E-state index contributed by atoms with van der Waals surface area (Å²) in [7, 11) is 0. The number of rotatable bonds is 54. The molecule has 2 rings (SSSR count). The molecule has 0 saturated heterocycles. The molecule has 0 bridgehead atoms. The van der Waals surface area contributed by atoms with E-state index in [0.717, 1.165) is 13.8 Å². The van der Waals surface area contributed by atoms with E-state index in [4.69, 9.17) is 28.7 Å². The highest BCUT2D eigenvalue weighted by Crippen LogP contribution is 2.20. The van der Waals surface area contributed by atoms with Gasteiger partial charge >= 0.3 is 29.8 Å². The molecular weight excluding hydrogens is 1500 g/mol. The van der Waals surface area contributed by atoms with Crippen LogP contribution in [0.25, 0.3) is 10.9 Å². The number of aromatic amines is 1. The van der Waals surface area contributed by atoms with Crippen molar-refractivity contribution in [3.05, 3.63) is 36.0 Å². The zero-order valence-corrected chi connectivity index (χ0v) is 63.1. The minimum Gasteiger partial charge on any atom is -0.481 e. The number of amides is 14. The van der Waals surface area contributed by atoms with Gasteiger partial charge in [-0.1, -0.05) is 45.9 Å². The second-order valence-corrected chi connectivity index (χ2v) is 27.4. The molecule has 1 aromatic carbocycles. The number of carboxylic acid groups (broad SMARTS) is 5. The zero-order chi connectivity index (χ0) is 85.7. The van der Waals surface area contributed by atoms with Crippen LogP contribution in [-0.2, 0) is 97.5 Å². The molecule has 0 saturated carbocycles. The number of H-pyrrole nitrogens is 1. The molecule has 2 aromatic rings. The number of nitrogens with one attached hydrogen (secondary N) is 13. The van der Waals surface area contributed by atoms with E-state index in [1.54, 1.807) is 52.0 Å². The maximum absolute atomic E-state index is 14.3. The highest BCUT2D eigenvalue weighted by atomic mass is 16.4. The fourth-order valence-corrected chi connectivity index (χ4v) is 10.9. The number of aliphatic hydroxyl groups excluding tert-OH is 2. The number of carboxylic acids is 5. The molecule has 0 spiro atoms. The number of fused-ring (bicyclic) bond motifs is 1. The lowest BCUT2D eigenvalue weighted by Gasteiger charge is -2.29. The van der Waals surface area contributed by atoms with Crippen molar-refractivity contribution in [1.29, 1.82) is 0 Å². The summed E-state index contributed by atoms with van der Waals surface area (Å²) in [5.74, 6) is -25.0. The van der Waals surface area contributed by atoms with Crippen molar-refractivity contribution in [3.63, 3.8) is 0 Å². The maximum atomic E-state index is 14.3. The third kappa shape index (κ3) is 36.5. The Balaban J connectivity index is 2.49. The molecular formula is C68H105N19O26. The Bertz CT molecular complexity index is 3750. The quantitative estimate of drug-likeness (QED) is 0.0166. The van der Waals surface area contributed by atoms with Crippen molar-refractivity contribution in [1.82, 2.24) is 68.8 Å².